The second-order valence-corrected chi connectivity index (χ2v) is 7.80. The minimum atomic E-state index is -3.30. The van der Waals surface area contributed by atoms with Gasteiger partial charge in [0.25, 0.3) is 0 Å². The van der Waals surface area contributed by atoms with E-state index in [1.54, 1.807) is 12.3 Å². The van der Waals surface area contributed by atoms with Crippen LogP contribution in [0.1, 0.15) is 6.42 Å². The minimum absolute atomic E-state index is 0.147. The second kappa shape index (κ2) is 6.51. The highest BCUT2D eigenvalue weighted by Gasteiger charge is 2.29. The maximum atomic E-state index is 11.9. The third kappa shape index (κ3) is 4.33. The summed E-state index contributed by atoms with van der Waals surface area (Å²) >= 11 is 0. The molecule has 1 amide bonds. The second-order valence-electron chi connectivity index (χ2n) is 5.66. The number of aromatic nitrogens is 1. The van der Waals surface area contributed by atoms with Crippen molar-refractivity contribution in [3.8, 4) is 5.75 Å². The molecule has 0 unspecified atom stereocenters. The van der Waals surface area contributed by atoms with Gasteiger partial charge in [0.2, 0.25) is 5.91 Å². The summed E-state index contributed by atoms with van der Waals surface area (Å²) in [4.78, 5) is 19.6. The van der Waals surface area contributed by atoms with Crippen molar-refractivity contribution in [2.75, 3.05) is 44.1 Å². The van der Waals surface area contributed by atoms with Gasteiger partial charge in [-0.2, -0.15) is 0 Å². The van der Waals surface area contributed by atoms with Gasteiger partial charge in [0.1, 0.15) is 11.9 Å². The molecule has 0 saturated carbocycles. The van der Waals surface area contributed by atoms with Crippen molar-refractivity contribution in [1.82, 2.24) is 9.88 Å². The highest BCUT2D eigenvalue weighted by atomic mass is 32.2. The lowest BCUT2D eigenvalue weighted by molar-refractivity contribution is -0.127. The van der Waals surface area contributed by atoms with Gasteiger partial charge < -0.3 is 14.5 Å². The number of pyridine rings is 1. The molecule has 1 aliphatic heterocycles. The first-order valence-electron chi connectivity index (χ1n) is 7.01. The number of amides is 1. The number of carbonyl (C=O) groups excluding carboxylic acids is 1. The van der Waals surface area contributed by atoms with Crippen LogP contribution < -0.4 is 9.64 Å². The van der Waals surface area contributed by atoms with E-state index < -0.39 is 15.6 Å². The SMILES string of the molecule is CN(C)c1ncccc1O[C@@H]1CCN(C(=O)CS(C)(=O)=O)C1. The van der Waals surface area contributed by atoms with Crippen molar-refractivity contribution >= 4 is 21.6 Å². The predicted molar refractivity (Wildman–Crippen MR) is 83.9 cm³/mol. The Hall–Kier alpha value is -1.83. The van der Waals surface area contributed by atoms with Crippen LogP contribution in [-0.2, 0) is 14.6 Å². The van der Waals surface area contributed by atoms with Gasteiger partial charge >= 0.3 is 0 Å². The van der Waals surface area contributed by atoms with Crippen LogP contribution in [0.4, 0.5) is 5.82 Å². The molecule has 122 valence electrons. The van der Waals surface area contributed by atoms with E-state index in [2.05, 4.69) is 4.98 Å². The molecule has 0 aromatic carbocycles. The van der Waals surface area contributed by atoms with Crippen LogP contribution in [0.2, 0.25) is 0 Å². The summed E-state index contributed by atoms with van der Waals surface area (Å²) in [7, 11) is 0.458. The number of anilines is 1. The fourth-order valence-electron chi connectivity index (χ4n) is 2.36. The molecule has 0 N–H and O–H groups in total. The van der Waals surface area contributed by atoms with Crippen molar-refractivity contribution in [3.63, 3.8) is 0 Å². The minimum Gasteiger partial charge on any atom is -0.485 e. The van der Waals surface area contributed by atoms with Crippen LogP contribution in [-0.4, -0.2) is 69.5 Å². The molecule has 1 atom stereocenters. The first-order valence-corrected chi connectivity index (χ1v) is 9.07. The van der Waals surface area contributed by atoms with Crippen molar-refractivity contribution < 1.29 is 17.9 Å². The Morgan fingerprint density at radius 1 is 1.50 bits per heavy atom. The average molecular weight is 327 g/mol. The summed E-state index contributed by atoms with van der Waals surface area (Å²) in [5.41, 5.74) is 0. The average Bonchev–Trinajstić information content (AvgIpc) is 2.86. The number of carbonyl (C=O) groups is 1. The molecule has 22 heavy (non-hydrogen) atoms. The van der Waals surface area contributed by atoms with Crippen LogP contribution in [0, 0.1) is 0 Å². The maximum Gasteiger partial charge on any atom is 0.237 e. The number of hydrogen-bond donors (Lipinski definition) is 0. The van der Waals surface area contributed by atoms with E-state index in [1.807, 2.05) is 25.1 Å². The largest absolute Gasteiger partial charge is 0.485 e. The van der Waals surface area contributed by atoms with Crippen LogP contribution in [0.15, 0.2) is 18.3 Å². The van der Waals surface area contributed by atoms with Crippen molar-refractivity contribution in [1.29, 1.82) is 0 Å². The van der Waals surface area contributed by atoms with Gasteiger partial charge in [-0.1, -0.05) is 0 Å². The Morgan fingerprint density at radius 2 is 2.23 bits per heavy atom. The molecule has 1 fully saturated rings. The highest BCUT2D eigenvalue weighted by molar-refractivity contribution is 7.91. The number of sulfone groups is 1. The van der Waals surface area contributed by atoms with E-state index in [1.165, 1.54) is 4.90 Å². The maximum absolute atomic E-state index is 11.9. The van der Waals surface area contributed by atoms with Gasteiger partial charge in [0, 0.05) is 39.5 Å². The van der Waals surface area contributed by atoms with Gasteiger partial charge in [-0.15, -0.1) is 0 Å². The van der Waals surface area contributed by atoms with Crippen molar-refractivity contribution in [2.45, 2.75) is 12.5 Å². The summed E-state index contributed by atoms with van der Waals surface area (Å²) in [5.74, 6) is 0.571. The zero-order valence-corrected chi connectivity index (χ0v) is 13.8. The lowest BCUT2D eigenvalue weighted by atomic mass is 10.3. The fourth-order valence-corrected chi connectivity index (χ4v) is 2.99. The molecule has 0 radical (unpaired) electrons. The Morgan fingerprint density at radius 3 is 2.86 bits per heavy atom. The van der Waals surface area contributed by atoms with E-state index in [-0.39, 0.29) is 12.0 Å². The molecular weight excluding hydrogens is 306 g/mol. The zero-order chi connectivity index (χ0) is 16.3. The Labute approximate surface area is 130 Å². The Kier molecular flexibility index (Phi) is 4.90. The summed E-state index contributed by atoms with van der Waals surface area (Å²) in [6.07, 6.45) is 3.29. The molecule has 8 heteroatoms. The lowest BCUT2D eigenvalue weighted by Crippen LogP contribution is -2.35. The van der Waals surface area contributed by atoms with E-state index in [4.69, 9.17) is 4.74 Å². The third-order valence-electron chi connectivity index (χ3n) is 3.35. The van der Waals surface area contributed by atoms with Gasteiger partial charge in [0.05, 0.1) is 6.54 Å². The standard InChI is InChI=1S/C14H21N3O4S/c1-16(2)14-12(5-4-7-15-14)21-11-6-8-17(9-11)13(18)10-22(3,19)20/h4-5,7,11H,6,8-10H2,1-3H3/t11-/m1/s1. The van der Waals surface area contributed by atoms with Crippen LogP contribution >= 0.6 is 0 Å². The van der Waals surface area contributed by atoms with Gasteiger partial charge in [-0.25, -0.2) is 13.4 Å². The zero-order valence-electron chi connectivity index (χ0n) is 13.0. The fraction of sp³-hybridized carbons (Fsp3) is 0.571. The molecule has 1 aliphatic rings. The van der Waals surface area contributed by atoms with Crippen molar-refractivity contribution in [2.24, 2.45) is 0 Å². The predicted octanol–water partition coefficient (Wildman–Crippen LogP) is 0.172. The van der Waals surface area contributed by atoms with E-state index in [9.17, 15) is 13.2 Å². The first kappa shape index (κ1) is 16.5. The molecule has 2 heterocycles. The summed E-state index contributed by atoms with van der Waals surface area (Å²) in [6.45, 7) is 0.909. The number of rotatable bonds is 5. The van der Waals surface area contributed by atoms with Gasteiger partial charge in [-0.3, -0.25) is 4.79 Å². The molecule has 0 aliphatic carbocycles. The third-order valence-corrected chi connectivity index (χ3v) is 4.12. The van der Waals surface area contributed by atoms with Crippen LogP contribution in [0.3, 0.4) is 0 Å². The van der Waals surface area contributed by atoms with Crippen LogP contribution in [0.25, 0.3) is 0 Å². The quantitative estimate of drug-likeness (QED) is 0.767. The van der Waals surface area contributed by atoms with Crippen molar-refractivity contribution in [3.05, 3.63) is 18.3 Å². The molecule has 1 aromatic heterocycles. The number of likely N-dealkylation sites (tertiary alicyclic amines) is 1. The lowest BCUT2D eigenvalue weighted by Gasteiger charge is -2.20. The summed E-state index contributed by atoms with van der Waals surface area (Å²) in [6, 6.07) is 3.63. The molecule has 7 nitrogen and oxygen atoms in total. The van der Waals surface area contributed by atoms with Gasteiger partial charge in [-0.05, 0) is 12.1 Å². The highest BCUT2D eigenvalue weighted by Crippen LogP contribution is 2.26. The van der Waals surface area contributed by atoms with Crippen LogP contribution in [0.5, 0.6) is 5.75 Å². The Balaban J connectivity index is 1.99. The molecule has 2 rings (SSSR count). The summed E-state index contributed by atoms with van der Waals surface area (Å²) in [5, 5.41) is 0. The van der Waals surface area contributed by atoms with Gasteiger partial charge in [0.15, 0.2) is 21.4 Å². The molecule has 0 spiro atoms. The number of hydrogen-bond acceptors (Lipinski definition) is 6. The number of ether oxygens (including phenoxy) is 1. The molecule has 1 saturated heterocycles. The van der Waals surface area contributed by atoms with E-state index >= 15 is 0 Å². The topological polar surface area (TPSA) is 79.8 Å². The Bertz CT molecular complexity index is 645. The normalized spacial score (nSPS) is 18.3. The number of nitrogens with zero attached hydrogens (tertiary/aromatic N) is 3. The summed E-state index contributed by atoms with van der Waals surface area (Å²) < 4.78 is 28.3. The smallest absolute Gasteiger partial charge is 0.237 e. The van der Waals surface area contributed by atoms with E-state index in [0.29, 0.717) is 25.3 Å². The molecular formula is C14H21N3O4S. The monoisotopic (exact) mass is 327 g/mol. The van der Waals surface area contributed by atoms with E-state index in [0.717, 1.165) is 12.1 Å². The first-order chi connectivity index (χ1) is 10.3. The molecule has 1 aromatic rings. The molecule has 0 bridgehead atoms.